The van der Waals surface area contributed by atoms with Crippen LogP contribution in [0.15, 0.2) is 42.5 Å². The van der Waals surface area contributed by atoms with Crippen molar-refractivity contribution >= 4 is 37.4 Å². The average Bonchev–Trinajstić information content (AvgIpc) is 2.92. The summed E-state index contributed by atoms with van der Waals surface area (Å²) in [4.78, 5) is 17.4. The van der Waals surface area contributed by atoms with Crippen molar-refractivity contribution in [2.45, 2.75) is 52.2 Å². The molecule has 5 nitrogen and oxygen atoms in total. The van der Waals surface area contributed by atoms with Crippen molar-refractivity contribution in [2.75, 3.05) is 5.32 Å². The van der Waals surface area contributed by atoms with Crippen LogP contribution in [0.1, 0.15) is 45.2 Å². The number of anilines is 1. The minimum atomic E-state index is -1.26. The fraction of sp³-hybridized carbons (Fsp3) is 0.364. The predicted octanol–water partition coefficient (Wildman–Crippen LogP) is 3.84. The molecule has 0 aliphatic heterocycles. The van der Waals surface area contributed by atoms with Crippen LogP contribution >= 0.6 is 9.24 Å². The fourth-order valence-corrected chi connectivity index (χ4v) is 3.63. The van der Waals surface area contributed by atoms with Gasteiger partial charge in [-0.05, 0) is 63.2 Å². The van der Waals surface area contributed by atoms with Gasteiger partial charge in [-0.2, -0.15) is 0 Å². The lowest BCUT2D eigenvalue weighted by molar-refractivity contribution is -0.120. The standard InChI is InChI=1S/C22H28N3O2P/c1-14-11-16-17(12-18(14)28)25(21(2,3)4)20(23-16)24-19(26)13-22(5,27)15-9-7-6-8-10-15/h6-12,27H,13,28H2,1-5H3,(H,23,24,26)/t22-/m0/s1. The largest absolute Gasteiger partial charge is 0.385 e. The summed E-state index contributed by atoms with van der Waals surface area (Å²) in [5.41, 5.74) is 2.11. The number of imidazole rings is 1. The number of rotatable bonds is 4. The highest BCUT2D eigenvalue weighted by molar-refractivity contribution is 7.27. The molecule has 2 N–H and O–H groups in total. The van der Waals surface area contributed by atoms with Crippen LogP contribution in [0.2, 0.25) is 0 Å². The van der Waals surface area contributed by atoms with Crippen molar-refractivity contribution in [3.05, 3.63) is 53.6 Å². The maximum atomic E-state index is 12.8. The summed E-state index contributed by atoms with van der Waals surface area (Å²) < 4.78 is 2.03. The molecule has 0 spiro atoms. The Balaban J connectivity index is 1.94. The Hall–Kier alpha value is -2.23. The highest BCUT2D eigenvalue weighted by Crippen LogP contribution is 2.30. The number of carbonyl (C=O) groups is 1. The number of nitrogens with one attached hydrogen (secondary N) is 1. The van der Waals surface area contributed by atoms with Gasteiger partial charge in [0.25, 0.3) is 0 Å². The maximum absolute atomic E-state index is 12.8. The topological polar surface area (TPSA) is 67.2 Å². The summed E-state index contributed by atoms with van der Waals surface area (Å²) in [6.07, 6.45) is -0.0573. The second kappa shape index (κ2) is 7.31. The predicted molar refractivity (Wildman–Crippen MR) is 118 cm³/mol. The molecule has 148 valence electrons. The quantitative estimate of drug-likeness (QED) is 0.658. The molecule has 2 aromatic carbocycles. The first-order valence-electron chi connectivity index (χ1n) is 9.36. The number of aromatic nitrogens is 2. The van der Waals surface area contributed by atoms with E-state index in [0.717, 1.165) is 21.9 Å². The van der Waals surface area contributed by atoms with E-state index in [1.165, 1.54) is 0 Å². The molecule has 1 heterocycles. The Morgan fingerprint density at radius 2 is 1.82 bits per heavy atom. The molecule has 0 fully saturated rings. The molecular weight excluding hydrogens is 369 g/mol. The monoisotopic (exact) mass is 397 g/mol. The van der Waals surface area contributed by atoms with Crippen LogP contribution in [0.4, 0.5) is 5.95 Å². The number of fused-ring (bicyclic) bond motifs is 1. The van der Waals surface area contributed by atoms with E-state index in [1.807, 2.05) is 47.9 Å². The minimum Gasteiger partial charge on any atom is -0.385 e. The second-order valence-electron chi connectivity index (χ2n) is 8.50. The summed E-state index contributed by atoms with van der Waals surface area (Å²) in [5, 5.41) is 14.8. The molecule has 0 radical (unpaired) electrons. The van der Waals surface area contributed by atoms with Crippen LogP contribution in [0.3, 0.4) is 0 Å². The normalized spacial score (nSPS) is 14.1. The van der Waals surface area contributed by atoms with Gasteiger partial charge in [-0.15, -0.1) is 9.24 Å². The van der Waals surface area contributed by atoms with Gasteiger partial charge in [0.1, 0.15) is 0 Å². The molecule has 1 aromatic heterocycles. The van der Waals surface area contributed by atoms with E-state index >= 15 is 0 Å². The Labute approximate surface area is 168 Å². The number of nitrogens with zero attached hydrogens (tertiary/aromatic N) is 2. The van der Waals surface area contributed by atoms with Crippen molar-refractivity contribution < 1.29 is 9.90 Å². The molecule has 3 rings (SSSR count). The number of amides is 1. The number of aliphatic hydroxyl groups is 1. The van der Waals surface area contributed by atoms with Crippen molar-refractivity contribution in [3.8, 4) is 0 Å². The Kier molecular flexibility index (Phi) is 5.35. The molecule has 1 unspecified atom stereocenters. The molecule has 0 saturated carbocycles. The molecule has 0 aliphatic rings. The summed E-state index contributed by atoms with van der Waals surface area (Å²) in [6.45, 7) is 9.91. The number of benzene rings is 2. The number of carbonyl (C=O) groups excluding carboxylic acids is 1. The summed E-state index contributed by atoms with van der Waals surface area (Å²) in [5.74, 6) is 0.212. The summed E-state index contributed by atoms with van der Waals surface area (Å²) in [6, 6.07) is 13.3. The lowest BCUT2D eigenvalue weighted by Crippen LogP contribution is -2.31. The van der Waals surface area contributed by atoms with Gasteiger partial charge in [0, 0.05) is 5.54 Å². The summed E-state index contributed by atoms with van der Waals surface area (Å²) >= 11 is 0. The minimum absolute atomic E-state index is 0.0573. The molecule has 0 aliphatic carbocycles. The van der Waals surface area contributed by atoms with E-state index in [2.05, 4.69) is 46.4 Å². The van der Waals surface area contributed by atoms with Crippen LogP contribution in [0, 0.1) is 6.92 Å². The van der Waals surface area contributed by atoms with Crippen LogP contribution in [-0.2, 0) is 15.9 Å². The van der Waals surface area contributed by atoms with E-state index in [1.54, 1.807) is 6.92 Å². The van der Waals surface area contributed by atoms with Crippen LogP contribution < -0.4 is 10.6 Å². The number of hydrogen-bond acceptors (Lipinski definition) is 3. The van der Waals surface area contributed by atoms with Gasteiger partial charge in [0.15, 0.2) is 0 Å². The first-order valence-corrected chi connectivity index (χ1v) is 9.93. The molecule has 3 aromatic rings. The molecular formula is C22H28N3O2P. The van der Waals surface area contributed by atoms with Crippen LogP contribution in [0.25, 0.3) is 11.0 Å². The Morgan fingerprint density at radius 3 is 2.43 bits per heavy atom. The zero-order valence-corrected chi connectivity index (χ0v) is 18.2. The van der Waals surface area contributed by atoms with Gasteiger partial charge in [-0.1, -0.05) is 30.3 Å². The molecule has 0 saturated heterocycles. The van der Waals surface area contributed by atoms with Crippen LogP contribution in [-0.4, -0.2) is 20.6 Å². The van der Waals surface area contributed by atoms with Crippen molar-refractivity contribution in [1.82, 2.24) is 9.55 Å². The Morgan fingerprint density at radius 1 is 1.18 bits per heavy atom. The third kappa shape index (κ3) is 4.11. The van der Waals surface area contributed by atoms with Crippen molar-refractivity contribution in [3.63, 3.8) is 0 Å². The van der Waals surface area contributed by atoms with Gasteiger partial charge in [-0.3, -0.25) is 10.1 Å². The third-order valence-corrected chi connectivity index (χ3v) is 5.49. The van der Waals surface area contributed by atoms with E-state index in [4.69, 9.17) is 0 Å². The molecule has 6 heteroatoms. The molecule has 28 heavy (non-hydrogen) atoms. The SMILES string of the molecule is Cc1cc2nc(NC(=O)C[C@](C)(O)c3ccccc3)n(C(C)(C)C)c2cc1P. The number of hydrogen-bond donors (Lipinski definition) is 2. The second-order valence-corrected chi connectivity index (χ2v) is 9.13. The zero-order valence-electron chi connectivity index (χ0n) is 17.1. The van der Waals surface area contributed by atoms with E-state index in [0.29, 0.717) is 11.5 Å². The van der Waals surface area contributed by atoms with E-state index in [-0.39, 0.29) is 17.9 Å². The van der Waals surface area contributed by atoms with Gasteiger partial charge >= 0.3 is 0 Å². The zero-order chi connectivity index (χ0) is 20.7. The lowest BCUT2D eigenvalue weighted by Gasteiger charge is -2.26. The van der Waals surface area contributed by atoms with Gasteiger partial charge in [0.05, 0.1) is 23.1 Å². The molecule has 2 atom stereocenters. The molecule has 1 amide bonds. The smallest absolute Gasteiger partial charge is 0.229 e. The Bertz CT molecular complexity index is 1020. The van der Waals surface area contributed by atoms with E-state index in [9.17, 15) is 9.90 Å². The van der Waals surface area contributed by atoms with E-state index < -0.39 is 5.60 Å². The van der Waals surface area contributed by atoms with Crippen LogP contribution in [0.5, 0.6) is 0 Å². The first-order chi connectivity index (χ1) is 13.0. The van der Waals surface area contributed by atoms with Gasteiger partial charge in [-0.25, -0.2) is 4.98 Å². The number of aryl methyl sites for hydroxylation is 1. The fourth-order valence-electron chi connectivity index (χ4n) is 3.39. The lowest BCUT2D eigenvalue weighted by atomic mass is 9.92. The maximum Gasteiger partial charge on any atom is 0.229 e. The third-order valence-electron chi connectivity index (χ3n) is 4.86. The van der Waals surface area contributed by atoms with Crippen molar-refractivity contribution in [1.29, 1.82) is 0 Å². The molecule has 0 bridgehead atoms. The van der Waals surface area contributed by atoms with Crippen molar-refractivity contribution in [2.24, 2.45) is 0 Å². The first kappa shape index (κ1) is 20.5. The van der Waals surface area contributed by atoms with Gasteiger partial charge < -0.3 is 9.67 Å². The summed E-state index contributed by atoms with van der Waals surface area (Å²) in [7, 11) is 2.74. The highest BCUT2D eigenvalue weighted by Gasteiger charge is 2.29. The highest BCUT2D eigenvalue weighted by atomic mass is 31.0. The average molecular weight is 397 g/mol. The van der Waals surface area contributed by atoms with Gasteiger partial charge in [0.2, 0.25) is 11.9 Å².